The monoisotopic (exact) mass is 243 g/mol. The SMILES string of the molecule is Cl.O=C(O)N1CCNCC1c1cccnc1. The van der Waals surface area contributed by atoms with Gasteiger partial charge in [-0.05, 0) is 11.6 Å². The van der Waals surface area contributed by atoms with E-state index in [1.807, 2.05) is 12.1 Å². The molecule has 6 heteroatoms. The van der Waals surface area contributed by atoms with Gasteiger partial charge in [-0.15, -0.1) is 12.4 Å². The number of pyridine rings is 1. The lowest BCUT2D eigenvalue weighted by Gasteiger charge is -2.34. The number of carboxylic acid groups (broad SMARTS) is 1. The molecule has 1 aliphatic rings. The lowest BCUT2D eigenvalue weighted by molar-refractivity contribution is 0.112. The van der Waals surface area contributed by atoms with Gasteiger partial charge in [0.25, 0.3) is 0 Å². The van der Waals surface area contributed by atoms with Crippen molar-refractivity contribution in [1.29, 1.82) is 0 Å². The Balaban J connectivity index is 0.00000128. The predicted octanol–water partition coefficient (Wildman–Crippen LogP) is 1.13. The number of aromatic nitrogens is 1. The summed E-state index contributed by atoms with van der Waals surface area (Å²) in [6.07, 6.45) is 2.53. The topological polar surface area (TPSA) is 65.5 Å². The van der Waals surface area contributed by atoms with Crippen molar-refractivity contribution in [3.8, 4) is 0 Å². The maximum atomic E-state index is 11.0. The Bertz CT molecular complexity index is 347. The van der Waals surface area contributed by atoms with Gasteiger partial charge in [-0.1, -0.05) is 6.07 Å². The fourth-order valence-electron chi connectivity index (χ4n) is 1.80. The maximum Gasteiger partial charge on any atom is 0.407 e. The van der Waals surface area contributed by atoms with Crippen LogP contribution in [0.15, 0.2) is 24.5 Å². The van der Waals surface area contributed by atoms with Gasteiger partial charge in [-0.2, -0.15) is 0 Å². The summed E-state index contributed by atoms with van der Waals surface area (Å²) in [7, 11) is 0. The van der Waals surface area contributed by atoms with Crippen LogP contribution in [-0.4, -0.2) is 40.7 Å². The summed E-state index contributed by atoms with van der Waals surface area (Å²) in [5.74, 6) is 0. The third-order valence-corrected chi connectivity index (χ3v) is 2.56. The molecule has 1 unspecified atom stereocenters. The Morgan fingerprint density at radius 2 is 2.44 bits per heavy atom. The standard InChI is InChI=1S/C10H13N3O2.ClH/c14-10(15)13-5-4-12-7-9(13)8-2-1-3-11-6-8;/h1-3,6,9,12H,4-5,7H2,(H,14,15);1H. The molecule has 0 spiro atoms. The quantitative estimate of drug-likeness (QED) is 0.776. The average Bonchev–Trinajstić information content (AvgIpc) is 2.30. The number of carbonyl (C=O) groups is 1. The third kappa shape index (κ3) is 2.62. The molecule has 1 aliphatic heterocycles. The molecular weight excluding hydrogens is 230 g/mol. The van der Waals surface area contributed by atoms with Gasteiger partial charge >= 0.3 is 6.09 Å². The molecule has 2 N–H and O–H groups in total. The molecule has 88 valence electrons. The van der Waals surface area contributed by atoms with Crippen molar-refractivity contribution in [3.05, 3.63) is 30.1 Å². The Labute approximate surface area is 99.9 Å². The second-order valence-electron chi connectivity index (χ2n) is 3.48. The Kier molecular flexibility index (Phi) is 4.52. The minimum atomic E-state index is -0.870. The molecule has 2 heterocycles. The Hall–Kier alpha value is -1.33. The van der Waals surface area contributed by atoms with Crippen molar-refractivity contribution in [1.82, 2.24) is 15.2 Å². The lowest BCUT2D eigenvalue weighted by atomic mass is 10.1. The van der Waals surface area contributed by atoms with E-state index in [4.69, 9.17) is 5.11 Å². The second kappa shape index (κ2) is 5.67. The van der Waals surface area contributed by atoms with Crippen LogP contribution in [0.25, 0.3) is 0 Å². The van der Waals surface area contributed by atoms with Crippen LogP contribution in [0.3, 0.4) is 0 Å². The maximum absolute atomic E-state index is 11.0. The van der Waals surface area contributed by atoms with Crippen LogP contribution in [-0.2, 0) is 0 Å². The van der Waals surface area contributed by atoms with Crippen molar-refractivity contribution in [2.45, 2.75) is 6.04 Å². The summed E-state index contributed by atoms with van der Waals surface area (Å²) in [5.41, 5.74) is 0.937. The van der Waals surface area contributed by atoms with Crippen molar-refractivity contribution in [3.63, 3.8) is 0 Å². The fourth-order valence-corrected chi connectivity index (χ4v) is 1.80. The molecule has 1 aromatic heterocycles. The van der Waals surface area contributed by atoms with Crippen molar-refractivity contribution in [2.75, 3.05) is 19.6 Å². The van der Waals surface area contributed by atoms with Crippen molar-refractivity contribution < 1.29 is 9.90 Å². The van der Waals surface area contributed by atoms with E-state index in [1.165, 1.54) is 4.90 Å². The number of rotatable bonds is 1. The number of halogens is 1. The van der Waals surface area contributed by atoms with Gasteiger partial charge in [0.1, 0.15) is 0 Å². The van der Waals surface area contributed by atoms with Crippen LogP contribution in [0, 0.1) is 0 Å². The molecule has 1 atom stereocenters. The molecule has 1 fully saturated rings. The number of piperazine rings is 1. The highest BCUT2D eigenvalue weighted by atomic mass is 35.5. The van der Waals surface area contributed by atoms with Crippen LogP contribution >= 0.6 is 12.4 Å². The van der Waals surface area contributed by atoms with E-state index >= 15 is 0 Å². The van der Waals surface area contributed by atoms with Crippen LogP contribution in [0.2, 0.25) is 0 Å². The van der Waals surface area contributed by atoms with Crippen molar-refractivity contribution >= 4 is 18.5 Å². The van der Waals surface area contributed by atoms with E-state index in [0.717, 1.165) is 5.56 Å². The molecule has 5 nitrogen and oxygen atoms in total. The number of nitrogens with zero attached hydrogens (tertiary/aromatic N) is 2. The van der Waals surface area contributed by atoms with E-state index < -0.39 is 6.09 Å². The molecule has 0 radical (unpaired) electrons. The minimum absolute atomic E-state index is 0. The zero-order valence-corrected chi connectivity index (χ0v) is 9.48. The van der Waals surface area contributed by atoms with Gasteiger partial charge < -0.3 is 10.4 Å². The first-order chi connectivity index (χ1) is 7.29. The van der Waals surface area contributed by atoms with E-state index in [0.29, 0.717) is 19.6 Å². The summed E-state index contributed by atoms with van der Waals surface area (Å²) in [6, 6.07) is 3.61. The average molecular weight is 244 g/mol. The molecule has 0 bridgehead atoms. The van der Waals surface area contributed by atoms with Gasteiger partial charge in [0.05, 0.1) is 6.04 Å². The van der Waals surface area contributed by atoms with Crippen LogP contribution < -0.4 is 5.32 Å². The molecule has 1 aromatic rings. The highest BCUT2D eigenvalue weighted by Gasteiger charge is 2.27. The minimum Gasteiger partial charge on any atom is -0.465 e. The Morgan fingerprint density at radius 1 is 1.62 bits per heavy atom. The van der Waals surface area contributed by atoms with Gasteiger partial charge in [-0.25, -0.2) is 4.79 Å². The molecule has 0 aromatic carbocycles. The number of hydrogen-bond donors (Lipinski definition) is 2. The number of amides is 1. The van der Waals surface area contributed by atoms with Gasteiger partial charge in [0.2, 0.25) is 0 Å². The van der Waals surface area contributed by atoms with Crippen molar-refractivity contribution in [2.24, 2.45) is 0 Å². The molecule has 2 rings (SSSR count). The lowest BCUT2D eigenvalue weighted by Crippen LogP contribution is -2.48. The smallest absolute Gasteiger partial charge is 0.407 e. The zero-order chi connectivity index (χ0) is 10.7. The fraction of sp³-hybridized carbons (Fsp3) is 0.400. The molecule has 1 saturated heterocycles. The van der Waals surface area contributed by atoms with Gasteiger partial charge in [-0.3, -0.25) is 9.88 Å². The van der Waals surface area contributed by atoms with E-state index in [9.17, 15) is 4.79 Å². The van der Waals surface area contributed by atoms with Crippen LogP contribution in [0.5, 0.6) is 0 Å². The predicted molar refractivity (Wildman–Crippen MR) is 61.8 cm³/mol. The van der Waals surface area contributed by atoms with E-state index in [2.05, 4.69) is 10.3 Å². The van der Waals surface area contributed by atoms with Crippen LogP contribution in [0.4, 0.5) is 4.79 Å². The third-order valence-electron chi connectivity index (χ3n) is 2.56. The van der Waals surface area contributed by atoms with Gasteiger partial charge in [0, 0.05) is 32.0 Å². The number of hydrogen-bond acceptors (Lipinski definition) is 3. The highest BCUT2D eigenvalue weighted by Crippen LogP contribution is 2.20. The zero-order valence-electron chi connectivity index (χ0n) is 8.67. The summed E-state index contributed by atoms with van der Waals surface area (Å²) in [6.45, 7) is 1.88. The summed E-state index contributed by atoms with van der Waals surface area (Å²) in [4.78, 5) is 16.5. The first-order valence-corrected chi connectivity index (χ1v) is 4.89. The second-order valence-corrected chi connectivity index (χ2v) is 3.48. The largest absolute Gasteiger partial charge is 0.465 e. The first-order valence-electron chi connectivity index (χ1n) is 4.89. The number of nitrogens with one attached hydrogen (secondary N) is 1. The van der Waals surface area contributed by atoms with E-state index in [-0.39, 0.29) is 18.4 Å². The van der Waals surface area contributed by atoms with Crippen LogP contribution in [0.1, 0.15) is 11.6 Å². The van der Waals surface area contributed by atoms with Gasteiger partial charge in [0.15, 0.2) is 0 Å². The summed E-state index contributed by atoms with van der Waals surface area (Å²) in [5, 5.41) is 12.2. The normalized spacial score (nSPS) is 20.0. The summed E-state index contributed by atoms with van der Waals surface area (Å²) < 4.78 is 0. The molecular formula is C10H14ClN3O2. The molecule has 16 heavy (non-hydrogen) atoms. The molecule has 0 aliphatic carbocycles. The highest BCUT2D eigenvalue weighted by molar-refractivity contribution is 5.85. The summed E-state index contributed by atoms with van der Waals surface area (Å²) >= 11 is 0. The molecule has 1 amide bonds. The Morgan fingerprint density at radius 3 is 3.06 bits per heavy atom. The molecule has 0 saturated carbocycles. The first kappa shape index (κ1) is 12.7. The van der Waals surface area contributed by atoms with E-state index in [1.54, 1.807) is 12.4 Å².